The lowest BCUT2D eigenvalue weighted by atomic mass is 10.2. The maximum atomic E-state index is 5.66. The van der Waals surface area contributed by atoms with Crippen molar-refractivity contribution in [3.8, 4) is 11.4 Å². The van der Waals surface area contributed by atoms with Crippen molar-refractivity contribution in [1.29, 1.82) is 0 Å². The van der Waals surface area contributed by atoms with E-state index in [1.807, 2.05) is 24.4 Å². The molecule has 1 fully saturated rings. The van der Waals surface area contributed by atoms with Crippen LogP contribution in [0.2, 0.25) is 0 Å². The zero-order valence-corrected chi connectivity index (χ0v) is 10.1. The fourth-order valence-electron chi connectivity index (χ4n) is 2.09. The molecule has 0 bridgehead atoms. The molecule has 5 nitrogen and oxygen atoms in total. The fraction of sp³-hybridized carbons (Fsp3) is 0.385. The van der Waals surface area contributed by atoms with E-state index in [1.54, 1.807) is 6.20 Å². The second kappa shape index (κ2) is 5.29. The summed E-state index contributed by atoms with van der Waals surface area (Å²) in [4.78, 5) is 12.0. The molecule has 0 radical (unpaired) electrons. The molecule has 94 valence electrons. The molecule has 1 aliphatic rings. The standard InChI is InChI=1S/C13H16N4O/c1-2-11(15-4-1)12-3-5-16-13(17-12)8-10-9-14-6-7-18-10/h1-5,10,14-15H,6-9H2. The Morgan fingerprint density at radius 2 is 2.39 bits per heavy atom. The molecule has 0 aromatic carbocycles. The molecule has 1 saturated heterocycles. The molecule has 2 N–H and O–H groups in total. The molecule has 0 saturated carbocycles. The number of aromatic nitrogens is 3. The zero-order chi connectivity index (χ0) is 12.2. The highest BCUT2D eigenvalue weighted by atomic mass is 16.5. The van der Waals surface area contributed by atoms with Gasteiger partial charge in [0.15, 0.2) is 0 Å². The van der Waals surface area contributed by atoms with E-state index in [0.717, 1.165) is 43.3 Å². The molecule has 2 aromatic rings. The van der Waals surface area contributed by atoms with Gasteiger partial charge in [0.2, 0.25) is 0 Å². The highest BCUT2D eigenvalue weighted by Gasteiger charge is 2.15. The molecule has 0 aliphatic carbocycles. The number of ether oxygens (including phenoxy) is 1. The molecule has 1 aliphatic heterocycles. The average Bonchev–Trinajstić information content (AvgIpc) is 2.94. The summed E-state index contributed by atoms with van der Waals surface area (Å²) in [6, 6.07) is 5.88. The summed E-state index contributed by atoms with van der Waals surface area (Å²) in [7, 11) is 0. The summed E-state index contributed by atoms with van der Waals surface area (Å²) in [6.45, 7) is 2.57. The van der Waals surface area contributed by atoms with E-state index in [4.69, 9.17) is 4.74 Å². The molecule has 18 heavy (non-hydrogen) atoms. The fourth-order valence-corrected chi connectivity index (χ4v) is 2.09. The Kier molecular flexibility index (Phi) is 3.34. The first-order valence-electron chi connectivity index (χ1n) is 6.20. The predicted molar refractivity (Wildman–Crippen MR) is 68.1 cm³/mol. The van der Waals surface area contributed by atoms with Crippen molar-refractivity contribution in [3.05, 3.63) is 36.4 Å². The molecular weight excluding hydrogens is 228 g/mol. The average molecular weight is 244 g/mol. The van der Waals surface area contributed by atoms with Crippen LogP contribution in [0.4, 0.5) is 0 Å². The summed E-state index contributed by atoms with van der Waals surface area (Å²) in [6.07, 6.45) is 4.62. The first-order valence-corrected chi connectivity index (χ1v) is 6.20. The van der Waals surface area contributed by atoms with E-state index >= 15 is 0 Å². The van der Waals surface area contributed by atoms with Crippen LogP contribution in [0, 0.1) is 0 Å². The van der Waals surface area contributed by atoms with Crippen LogP contribution in [0.1, 0.15) is 5.82 Å². The van der Waals surface area contributed by atoms with Gasteiger partial charge in [-0.25, -0.2) is 9.97 Å². The number of rotatable bonds is 3. The van der Waals surface area contributed by atoms with E-state index in [-0.39, 0.29) is 6.10 Å². The number of H-pyrrole nitrogens is 1. The third kappa shape index (κ3) is 2.57. The number of hydrogen-bond donors (Lipinski definition) is 2. The third-order valence-corrected chi connectivity index (χ3v) is 2.99. The lowest BCUT2D eigenvalue weighted by Gasteiger charge is -2.22. The van der Waals surface area contributed by atoms with Crippen molar-refractivity contribution in [2.24, 2.45) is 0 Å². The molecule has 5 heteroatoms. The van der Waals surface area contributed by atoms with Crippen LogP contribution in [-0.2, 0) is 11.2 Å². The van der Waals surface area contributed by atoms with Gasteiger partial charge in [-0.3, -0.25) is 0 Å². The van der Waals surface area contributed by atoms with E-state index in [2.05, 4.69) is 20.3 Å². The van der Waals surface area contributed by atoms with Crippen LogP contribution < -0.4 is 5.32 Å². The normalized spacial score (nSPS) is 19.9. The van der Waals surface area contributed by atoms with Gasteiger partial charge in [0.05, 0.1) is 24.1 Å². The van der Waals surface area contributed by atoms with Crippen molar-refractivity contribution >= 4 is 0 Å². The summed E-state index contributed by atoms with van der Waals surface area (Å²) in [5, 5.41) is 3.31. The number of morpholine rings is 1. The smallest absolute Gasteiger partial charge is 0.131 e. The predicted octanol–water partition coefficient (Wildman–Crippen LogP) is 1.00. The molecular formula is C13H16N4O. The van der Waals surface area contributed by atoms with Gasteiger partial charge < -0.3 is 15.0 Å². The van der Waals surface area contributed by atoms with Crippen LogP contribution in [0.3, 0.4) is 0 Å². The first-order chi connectivity index (χ1) is 8.92. The van der Waals surface area contributed by atoms with Crippen molar-refractivity contribution in [2.75, 3.05) is 19.7 Å². The van der Waals surface area contributed by atoms with Gasteiger partial charge in [0.1, 0.15) is 5.82 Å². The molecule has 3 rings (SSSR count). The number of nitrogens with one attached hydrogen (secondary N) is 2. The zero-order valence-electron chi connectivity index (χ0n) is 10.1. The molecule has 0 amide bonds. The summed E-state index contributed by atoms with van der Waals surface area (Å²) in [5.74, 6) is 0.829. The third-order valence-electron chi connectivity index (χ3n) is 2.99. The van der Waals surface area contributed by atoms with E-state index in [0.29, 0.717) is 0 Å². The number of nitrogens with zero attached hydrogens (tertiary/aromatic N) is 2. The Labute approximate surface area is 106 Å². The Hall–Kier alpha value is -1.72. The van der Waals surface area contributed by atoms with Gasteiger partial charge in [0, 0.05) is 31.9 Å². The van der Waals surface area contributed by atoms with Crippen molar-refractivity contribution in [3.63, 3.8) is 0 Å². The molecule has 1 unspecified atom stereocenters. The van der Waals surface area contributed by atoms with Gasteiger partial charge in [-0.2, -0.15) is 0 Å². The maximum absolute atomic E-state index is 5.66. The van der Waals surface area contributed by atoms with E-state index < -0.39 is 0 Å². The van der Waals surface area contributed by atoms with Crippen LogP contribution in [0.25, 0.3) is 11.4 Å². The van der Waals surface area contributed by atoms with Crippen LogP contribution >= 0.6 is 0 Å². The van der Waals surface area contributed by atoms with E-state index in [9.17, 15) is 0 Å². The van der Waals surface area contributed by atoms with Crippen molar-refractivity contribution < 1.29 is 4.74 Å². The Morgan fingerprint density at radius 1 is 1.39 bits per heavy atom. The van der Waals surface area contributed by atoms with Crippen molar-refractivity contribution in [1.82, 2.24) is 20.3 Å². The summed E-state index contributed by atoms with van der Waals surface area (Å²) in [5.41, 5.74) is 1.94. The SMILES string of the molecule is c1c[nH]c(-c2ccnc(CC3CNCCO3)n2)c1. The first kappa shape index (κ1) is 11.4. The highest BCUT2D eigenvalue weighted by molar-refractivity contribution is 5.53. The molecule has 3 heterocycles. The van der Waals surface area contributed by atoms with Crippen LogP contribution in [-0.4, -0.2) is 40.8 Å². The Morgan fingerprint density at radius 3 is 3.17 bits per heavy atom. The molecule has 0 spiro atoms. The quantitative estimate of drug-likeness (QED) is 0.845. The van der Waals surface area contributed by atoms with Gasteiger partial charge in [-0.1, -0.05) is 0 Å². The topological polar surface area (TPSA) is 62.8 Å². The Bertz CT molecular complexity index is 491. The minimum absolute atomic E-state index is 0.178. The van der Waals surface area contributed by atoms with Crippen LogP contribution in [0.5, 0.6) is 0 Å². The largest absolute Gasteiger partial charge is 0.375 e. The Balaban J connectivity index is 1.74. The molecule has 2 aromatic heterocycles. The maximum Gasteiger partial charge on any atom is 0.131 e. The summed E-state index contributed by atoms with van der Waals surface area (Å²) < 4.78 is 5.66. The van der Waals surface area contributed by atoms with Crippen LogP contribution in [0.15, 0.2) is 30.6 Å². The lowest BCUT2D eigenvalue weighted by molar-refractivity contribution is 0.0280. The minimum atomic E-state index is 0.178. The van der Waals surface area contributed by atoms with Gasteiger partial charge in [0.25, 0.3) is 0 Å². The van der Waals surface area contributed by atoms with Crippen molar-refractivity contribution in [2.45, 2.75) is 12.5 Å². The highest BCUT2D eigenvalue weighted by Crippen LogP contribution is 2.14. The number of hydrogen-bond acceptors (Lipinski definition) is 4. The number of aromatic amines is 1. The van der Waals surface area contributed by atoms with Gasteiger partial charge in [-0.15, -0.1) is 0 Å². The monoisotopic (exact) mass is 244 g/mol. The van der Waals surface area contributed by atoms with E-state index in [1.165, 1.54) is 0 Å². The van der Waals surface area contributed by atoms with Gasteiger partial charge in [-0.05, 0) is 18.2 Å². The van der Waals surface area contributed by atoms with Gasteiger partial charge >= 0.3 is 0 Å². The minimum Gasteiger partial charge on any atom is -0.375 e. The second-order valence-electron chi connectivity index (χ2n) is 4.34. The molecule has 1 atom stereocenters. The lowest BCUT2D eigenvalue weighted by Crippen LogP contribution is -2.39. The second-order valence-corrected chi connectivity index (χ2v) is 4.34. The summed E-state index contributed by atoms with van der Waals surface area (Å²) >= 11 is 0.